The van der Waals surface area contributed by atoms with Crippen LogP contribution in [0.2, 0.25) is 0 Å². The van der Waals surface area contributed by atoms with Crippen LogP contribution in [0.25, 0.3) is 0 Å². The van der Waals surface area contributed by atoms with Crippen LogP contribution in [0.4, 0.5) is 8.78 Å². The van der Waals surface area contributed by atoms with Crippen molar-refractivity contribution in [2.24, 2.45) is 0 Å². The van der Waals surface area contributed by atoms with Crippen LogP contribution in [0.3, 0.4) is 0 Å². The fourth-order valence-electron chi connectivity index (χ4n) is 2.10. The summed E-state index contributed by atoms with van der Waals surface area (Å²) in [6.07, 6.45) is 0. The first kappa shape index (κ1) is 15.4. The summed E-state index contributed by atoms with van der Waals surface area (Å²) >= 11 is 0. The van der Waals surface area contributed by atoms with Gasteiger partial charge in [-0.15, -0.1) is 0 Å². The molecular formula is C17H19F2NO. The van der Waals surface area contributed by atoms with E-state index in [9.17, 15) is 8.78 Å². The molecule has 1 atom stereocenters. The topological polar surface area (TPSA) is 21.3 Å². The van der Waals surface area contributed by atoms with Gasteiger partial charge in [0.15, 0.2) is 0 Å². The number of halogens is 2. The second-order valence-electron chi connectivity index (χ2n) is 5.05. The van der Waals surface area contributed by atoms with Gasteiger partial charge in [0.25, 0.3) is 0 Å². The third-order valence-electron chi connectivity index (χ3n) is 3.57. The van der Waals surface area contributed by atoms with Crippen LogP contribution in [0, 0.1) is 18.6 Å². The molecule has 2 aromatic carbocycles. The van der Waals surface area contributed by atoms with Gasteiger partial charge >= 0.3 is 0 Å². The zero-order valence-corrected chi connectivity index (χ0v) is 12.4. The Hall–Kier alpha value is -1.94. The van der Waals surface area contributed by atoms with Gasteiger partial charge in [0, 0.05) is 17.7 Å². The summed E-state index contributed by atoms with van der Waals surface area (Å²) < 4.78 is 32.4. The van der Waals surface area contributed by atoms with Gasteiger partial charge in [0.1, 0.15) is 24.0 Å². The monoisotopic (exact) mass is 291 g/mol. The van der Waals surface area contributed by atoms with Gasteiger partial charge in [0.2, 0.25) is 0 Å². The minimum atomic E-state index is -0.354. The Balaban J connectivity index is 2.23. The summed E-state index contributed by atoms with van der Waals surface area (Å²) in [5.74, 6) is -0.184. The summed E-state index contributed by atoms with van der Waals surface area (Å²) in [6, 6.07) is 9.06. The number of ether oxygens (including phenoxy) is 1. The van der Waals surface area contributed by atoms with Crippen molar-refractivity contribution in [2.45, 2.75) is 26.5 Å². The summed E-state index contributed by atoms with van der Waals surface area (Å²) in [5.41, 5.74) is 2.56. The molecule has 0 aliphatic heterocycles. The van der Waals surface area contributed by atoms with Crippen molar-refractivity contribution in [3.05, 3.63) is 64.7 Å². The Morgan fingerprint density at radius 3 is 2.48 bits per heavy atom. The molecule has 0 fully saturated rings. The average Bonchev–Trinajstić information content (AvgIpc) is 2.47. The second-order valence-corrected chi connectivity index (χ2v) is 5.05. The van der Waals surface area contributed by atoms with Crippen LogP contribution in [0.5, 0.6) is 5.75 Å². The third-order valence-corrected chi connectivity index (χ3v) is 3.57. The number of hydrogen-bond acceptors (Lipinski definition) is 2. The molecule has 0 bridgehead atoms. The van der Waals surface area contributed by atoms with E-state index in [1.165, 1.54) is 24.3 Å². The number of nitrogens with one attached hydrogen (secondary N) is 1. The first-order chi connectivity index (χ1) is 10.0. The zero-order chi connectivity index (χ0) is 15.4. The van der Waals surface area contributed by atoms with Crippen molar-refractivity contribution in [1.82, 2.24) is 5.32 Å². The molecule has 0 aliphatic rings. The predicted molar refractivity (Wildman–Crippen MR) is 79.3 cm³/mol. The standard InChI is InChI=1S/C17H19F2NO/c1-11-4-5-14(18)8-13(11)10-21-17-9-15(19)6-7-16(17)12(2)20-3/h4-9,12,20H,10H2,1-3H3. The van der Waals surface area contributed by atoms with E-state index < -0.39 is 0 Å². The van der Waals surface area contributed by atoms with E-state index in [2.05, 4.69) is 5.32 Å². The highest BCUT2D eigenvalue weighted by Crippen LogP contribution is 2.27. The molecule has 0 saturated carbocycles. The van der Waals surface area contributed by atoms with Crippen LogP contribution in [-0.2, 0) is 6.61 Å². The van der Waals surface area contributed by atoms with Gasteiger partial charge < -0.3 is 10.1 Å². The summed E-state index contributed by atoms with van der Waals surface area (Å²) in [7, 11) is 1.83. The zero-order valence-electron chi connectivity index (χ0n) is 12.4. The Bertz CT molecular complexity index is 628. The lowest BCUT2D eigenvalue weighted by Gasteiger charge is -2.17. The van der Waals surface area contributed by atoms with Crippen LogP contribution in [0.1, 0.15) is 29.7 Å². The number of rotatable bonds is 5. The van der Waals surface area contributed by atoms with Gasteiger partial charge in [-0.2, -0.15) is 0 Å². The van der Waals surface area contributed by atoms with E-state index in [1.807, 2.05) is 20.9 Å². The normalized spacial score (nSPS) is 12.2. The molecule has 0 radical (unpaired) electrons. The molecule has 0 aromatic heterocycles. The third kappa shape index (κ3) is 3.79. The molecule has 2 rings (SSSR count). The number of hydrogen-bond donors (Lipinski definition) is 1. The second kappa shape index (κ2) is 6.68. The maximum atomic E-state index is 13.4. The maximum absolute atomic E-state index is 13.4. The van der Waals surface area contributed by atoms with Crippen LogP contribution in [-0.4, -0.2) is 7.05 Å². The van der Waals surface area contributed by atoms with Gasteiger partial charge in [-0.25, -0.2) is 8.78 Å². The molecule has 0 amide bonds. The Morgan fingerprint density at radius 1 is 1.10 bits per heavy atom. The fraction of sp³-hybridized carbons (Fsp3) is 0.294. The number of benzene rings is 2. The number of aryl methyl sites for hydroxylation is 1. The predicted octanol–water partition coefficient (Wildman–Crippen LogP) is 4.13. The van der Waals surface area contributed by atoms with Gasteiger partial charge in [-0.1, -0.05) is 12.1 Å². The van der Waals surface area contributed by atoms with E-state index in [4.69, 9.17) is 4.74 Å². The molecule has 0 heterocycles. The Morgan fingerprint density at radius 2 is 1.76 bits per heavy atom. The lowest BCUT2D eigenvalue weighted by Crippen LogP contribution is -2.14. The van der Waals surface area contributed by atoms with E-state index in [-0.39, 0.29) is 24.3 Å². The van der Waals surface area contributed by atoms with Crippen molar-refractivity contribution in [2.75, 3.05) is 7.05 Å². The minimum absolute atomic E-state index is 0.0363. The molecule has 0 saturated heterocycles. The highest BCUT2D eigenvalue weighted by Gasteiger charge is 2.12. The largest absolute Gasteiger partial charge is 0.488 e. The molecule has 1 N–H and O–H groups in total. The van der Waals surface area contributed by atoms with Crippen molar-refractivity contribution < 1.29 is 13.5 Å². The van der Waals surface area contributed by atoms with E-state index in [0.29, 0.717) is 5.75 Å². The molecule has 0 aliphatic carbocycles. The van der Waals surface area contributed by atoms with Crippen LogP contribution < -0.4 is 10.1 Å². The van der Waals surface area contributed by atoms with Gasteiger partial charge in [-0.05, 0) is 50.2 Å². The highest BCUT2D eigenvalue weighted by molar-refractivity contribution is 5.37. The van der Waals surface area contributed by atoms with Crippen molar-refractivity contribution in [3.63, 3.8) is 0 Å². The molecule has 0 spiro atoms. The van der Waals surface area contributed by atoms with E-state index >= 15 is 0 Å². The smallest absolute Gasteiger partial charge is 0.127 e. The summed E-state index contributed by atoms with van der Waals surface area (Å²) in [5, 5.41) is 3.10. The van der Waals surface area contributed by atoms with Crippen molar-refractivity contribution in [1.29, 1.82) is 0 Å². The molecule has 1 unspecified atom stereocenters. The Labute approximate surface area is 123 Å². The Kier molecular flexibility index (Phi) is 4.91. The van der Waals surface area contributed by atoms with Crippen LogP contribution in [0.15, 0.2) is 36.4 Å². The average molecular weight is 291 g/mol. The molecule has 2 nitrogen and oxygen atoms in total. The molecule has 21 heavy (non-hydrogen) atoms. The van der Waals surface area contributed by atoms with Crippen molar-refractivity contribution >= 4 is 0 Å². The molecule has 112 valence electrons. The van der Waals surface area contributed by atoms with Crippen LogP contribution >= 0.6 is 0 Å². The minimum Gasteiger partial charge on any atom is -0.488 e. The first-order valence-corrected chi connectivity index (χ1v) is 6.86. The fourth-order valence-corrected chi connectivity index (χ4v) is 2.10. The summed E-state index contributed by atoms with van der Waals surface area (Å²) in [4.78, 5) is 0. The lowest BCUT2D eigenvalue weighted by atomic mass is 10.1. The van der Waals surface area contributed by atoms with Gasteiger partial charge in [0.05, 0.1) is 0 Å². The van der Waals surface area contributed by atoms with E-state index in [0.717, 1.165) is 16.7 Å². The molecular weight excluding hydrogens is 272 g/mol. The van der Waals surface area contributed by atoms with Gasteiger partial charge in [-0.3, -0.25) is 0 Å². The molecule has 4 heteroatoms. The lowest BCUT2D eigenvalue weighted by molar-refractivity contribution is 0.297. The highest BCUT2D eigenvalue weighted by atomic mass is 19.1. The SMILES string of the molecule is CNC(C)c1ccc(F)cc1OCc1cc(F)ccc1C. The first-order valence-electron chi connectivity index (χ1n) is 6.86. The maximum Gasteiger partial charge on any atom is 0.127 e. The quantitative estimate of drug-likeness (QED) is 0.894. The van der Waals surface area contributed by atoms with Crippen molar-refractivity contribution in [3.8, 4) is 5.75 Å². The summed E-state index contributed by atoms with van der Waals surface area (Å²) in [6.45, 7) is 4.06. The molecule has 2 aromatic rings. The van der Waals surface area contributed by atoms with E-state index in [1.54, 1.807) is 12.1 Å².